The van der Waals surface area contributed by atoms with Crippen LogP contribution in [0.4, 0.5) is 5.95 Å². The van der Waals surface area contributed by atoms with Gasteiger partial charge in [0, 0.05) is 47.7 Å². The maximum atomic E-state index is 13.1. The van der Waals surface area contributed by atoms with Crippen LogP contribution in [-0.4, -0.2) is 56.6 Å². The van der Waals surface area contributed by atoms with Gasteiger partial charge in [0.2, 0.25) is 5.95 Å². The minimum atomic E-state index is 0.0226. The predicted octanol–water partition coefficient (Wildman–Crippen LogP) is 4.95. The van der Waals surface area contributed by atoms with Crippen molar-refractivity contribution >= 4 is 40.0 Å². The molecule has 0 unspecified atom stereocenters. The summed E-state index contributed by atoms with van der Waals surface area (Å²) in [6.45, 7) is 2.71. The molecule has 0 N–H and O–H groups in total. The van der Waals surface area contributed by atoms with Crippen molar-refractivity contribution in [3.8, 4) is 11.4 Å². The molecule has 0 spiro atoms. The summed E-state index contributed by atoms with van der Waals surface area (Å²) in [5.41, 5.74) is 3.29. The first-order chi connectivity index (χ1) is 17.2. The molecule has 1 saturated heterocycles. The van der Waals surface area contributed by atoms with Crippen LogP contribution in [0.3, 0.4) is 0 Å². The van der Waals surface area contributed by atoms with E-state index in [2.05, 4.69) is 15.1 Å². The van der Waals surface area contributed by atoms with Crippen molar-refractivity contribution in [1.29, 1.82) is 0 Å². The van der Waals surface area contributed by atoms with Gasteiger partial charge in [-0.05, 0) is 42.8 Å². The fourth-order valence-corrected chi connectivity index (χ4v) is 4.77. The number of para-hydroxylation sites is 1. The zero-order valence-corrected chi connectivity index (χ0v) is 19.8. The van der Waals surface area contributed by atoms with Gasteiger partial charge >= 0.3 is 0 Å². The standard InChI is InChI=1S/C27H23ClN6O/c28-21-13-11-20(12-14-21)26(35)32-15-6-16-33(18-17-32)27-29-23-10-5-4-9-22(23)25-31-30-24(34(25)27)19-7-2-1-3-8-19/h1-5,7-14H,6,15-18H2. The van der Waals surface area contributed by atoms with Gasteiger partial charge in [0.25, 0.3) is 5.91 Å². The Morgan fingerprint density at radius 1 is 0.800 bits per heavy atom. The van der Waals surface area contributed by atoms with Gasteiger partial charge in [-0.25, -0.2) is 9.38 Å². The third-order valence-corrected chi connectivity index (χ3v) is 6.67. The van der Waals surface area contributed by atoms with Crippen LogP contribution in [-0.2, 0) is 0 Å². The van der Waals surface area contributed by atoms with E-state index in [9.17, 15) is 4.79 Å². The molecule has 2 aromatic heterocycles. The van der Waals surface area contributed by atoms with E-state index >= 15 is 0 Å². The van der Waals surface area contributed by atoms with Crippen molar-refractivity contribution in [2.45, 2.75) is 6.42 Å². The molecule has 3 heterocycles. The van der Waals surface area contributed by atoms with Gasteiger partial charge in [-0.2, -0.15) is 0 Å². The first kappa shape index (κ1) is 21.6. The molecule has 0 radical (unpaired) electrons. The fourth-order valence-electron chi connectivity index (χ4n) is 4.65. The molecule has 0 bridgehead atoms. The summed E-state index contributed by atoms with van der Waals surface area (Å²) >= 11 is 6.00. The van der Waals surface area contributed by atoms with Crippen LogP contribution in [0, 0.1) is 0 Å². The topological polar surface area (TPSA) is 66.6 Å². The molecule has 1 aliphatic heterocycles. The summed E-state index contributed by atoms with van der Waals surface area (Å²) in [5, 5.41) is 10.7. The summed E-state index contributed by atoms with van der Waals surface area (Å²) in [5.74, 6) is 1.57. The average molecular weight is 483 g/mol. The highest BCUT2D eigenvalue weighted by atomic mass is 35.5. The molecule has 6 rings (SSSR count). The van der Waals surface area contributed by atoms with E-state index in [-0.39, 0.29) is 5.91 Å². The Kier molecular flexibility index (Phi) is 5.54. The first-order valence-corrected chi connectivity index (χ1v) is 12.1. The Morgan fingerprint density at radius 3 is 2.40 bits per heavy atom. The quantitative estimate of drug-likeness (QED) is 0.364. The van der Waals surface area contributed by atoms with Crippen LogP contribution in [0.5, 0.6) is 0 Å². The maximum absolute atomic E-state index is 13.1. The smallest absolute Gasteiger partial charge is 0.253 e. The molecule has 1 aliphatic rings. The molecule has 0 saturated carbocycles. The molecule has 7 nitrogen and oxygen atoms in total. The first-order valence-electron chi connectivity index (χ1n) is 11.7. The number of fused-ring (bicyclic) bond motifs is 3. The Bertz CT molecular complexity index is 1520. The normalized spacial score (nSPS) is 14.4. The van der Waals surface area contributed by atoms with E-state index < -0.39 is 0 Å². The molecular formula is C27H23ClN6O. The predicted molar refractivity (Wildman–Crippen MR) is 138 cm³/mol. The Labute approximate surface area is 207 Å². The highest BCUT2D eigenvalue weighted by Crippen LogP contribution is 2.29. The number of anilines is 1. The Balaban J connectivity index is 1.39. The van der Waals surface area contributed by atoms with Gasteiger partial charge in [-0.3, -0.25) is 4.79 Å². The summed E-state index contributed by atoms with van der Waals surface area (Å²) in [6, 6.07) is 25.1. The highest BCUT2D eigenvalue weighted by Gasteiger charge is 2.25. The number of aromatic nitrogens is 4. The van der Waals surface area contributed by atoms with Crippen LogP contribution in [0.1, 0.15) is 16.8 Å². The van der Waals surface area contributed by atoms with Crippen LogP contribution < -0.4 is 4.90 Å². The number of halogens is 1. The maximum Gasteiger partial charge on any atom is 0.253 e. The summed E-state index contributed by atoms with van der Waals surface area (Å²) in [7, 11) is 0. The SMILES string of the molecule is O=C(c1ccc(Cl)cc1)N1CCCN(c2nc3ccccc3c3nnc(-c4ccccc4)n23)CC1. The molecule has 1 amide bonds. The van der Waals surface area contributed by atoms with Crippen molar-refractivity contribution in [3.05, 3.63) is 89.4 Å². The van der Waals surface area contributed by atoms with Gasteiger partial charge in [-0.1, -0.05) is 54.1 Å². The van der Waals surface area contributed by atoms with E-state index in [1.165, 1.54) is 0 Å². The molecular weight excluding hydrogens is 460 g/mol. The van der Waals surface area contributed by atoms with Crippen molar-refractivity contribution in [3.63, 3.8) is 0 Å². The van der Waals surface area contributed by atoms with Crippen LogP contribution in [0.25, 0.3) is 27.9 Å². The van der Waals surface area contributed by atoms with Gasteiger partial charge in [0.1, 0.15) is 0 Å². The zero-order chi connectivity index (χ0) is 23.8. The summed E-state index contributed by atoms with van der Waals surface area (Å²) in [6.07, 6.45) is 0.831. The van der Waals surface area contributed by atoms with E-state index in [0.717, 1.165) is 46.9 Å². The average Bonchev–Trinajstić information content (AvgIpc) is 3.20. The van der Waals surface area contributed by atoms with E-state index in [4.69, 9.17) is 16.6 Å². The molecule has 0 aliphatic carbocycles. The van der Waals surface area contributed by atoms with E-state index in [0.29, 0.717) is 30.2 Å². The lowest BCUT2D eigenvalue weighted by atomic mass is 10.2. The monoisotopic (exact) mass is 482 g/mol. The summed E-state index contributed by atoms with van der Waals surface area (Å²) < 4.78 is 2.05. The van der Waals surface area contributed by atoms with Crippen molar-refractivity contribution in [2.24, 2.45) is 0 Å². The van der Waals surface area contributed by atoms with Gasteiger partial charge in [0.15, 0.2) is 11.5 Å². The number of hydrogen-bond donors (Lipinski definition) is 0. The molecule has 0 atom stereocenters. The number of benzene rings is 3. The van der Waals surface area contributed by atoms with E-state index in [1.54, 1.807) is 24.3 Å². The van der Waals surface area contributed by atoms with Crippen molar-refractivity contribution < 1.29 is 4.79 Å². The minimum absolute atomic E-state index is 0.0226. The Morgan fingerprint density at radius 2 is 1.57 bits per heavy atom. The minimum Gasteiger partial charge on any atom is -0.340 e. The number of carbonyl (C=O) groups excluding carboxylic acids is 1. The van der Waals surface area contributed by atoms with Crippen LogP contribution >= 0.6 is 11.6 Å². The number of nitrogens with zero attached hydrogens (tertiary/aromatic N) is 6. The van der Waals surface area contributed by atoms with Gasteiger partial charge in [0.05, 0.1) is 5.52 Å². The van der Waals surface area contributed by atoms with Gasteiger partial charge in [-0.15, -0.1) is 10.2 Å². The molecule has 8 heteroatoms. The molecule has 3 aromatic carbocycles. The Hall–Kier alpha value is -3.97. The third-order valence-electron chi connectivity index (χ3n) is 6.42. The van der Waals surface area contributed by atoms with E-state index in [1.807, 2.05) is 63.9 Å². The zero-order valence-electron chi connectivity index (χ0n) is 19.0. The molecule has 1 fully saturated rings. The van der Waals surface area contributed by atoms with Crippen molar-refractivity contribution in [2.75, 3.05) is 31.1 Å². The lowest BCUT2D eigenvalue weighted by Gasteiger charge is -2.24. The lowest BCUT2D eigenvalue weighted by Crippen LogP contribution is -2.36. The number of carbonyl (C=O) groups is 1. The van der Waals surface area contributed by atoms with Crippen molar-refractivity contribution in [1.82, 2.24) is 24.5 Å². The molecule has 5 aromatic rings. The number of amides is 1. The third kappa shape index (κ3) is 3.98. The second-order valence-corrected chi connectivity index (χ2v) is 9.05. The lowest BCUT2D eigenvalue weighted by molar-refractivity contribution is 0.0767. The molecule has 35 heavy (non-hydrogen) atoms. The number of hydrogen-bond acceptors (Lipinski definition) is 5. The second kappa shape index (κ2) is 9.00. The molecule has 174 valence electrons. The second-order valence-electron chi connectivity index (χ2n) is 8.62. The fraction of sp³-hybridized carbons (Fsp3) is 0.185. The summed E-state index contributed by atoms with van der Waals surface area (Å²) in [4.78, 5) is 22.3. The van der Waals surface area contributed by atoms with Crippen LogP contribution in [0.15, 0.2) is 78.9 Å². The highest BCUT2D eigenvalue weighted by molar-refractivity contribution is 6.30. The van der Waals surface area contributed by atoms with Gasteiger partial charge < -0.3 is 9.80 Å². The van der Waals surface area contributed by atoms with Crippen LogP contribution in [0.2, 0.25) is 5.02 Å². The largest absolute Gasteiger partial charge is 0.340 e. The number of rotatable bonds is 3.